The van der Waals surface area contributed by atoms with Crippen LogP contribution in [0.15, 0.2) is 78.1 Å². The summed E-state index contributed by atoms with van der Waals surface area (Å²) in [5, 5.41) is 9.20. The lowest BCUT2D eigenvalue weighted by atomic mass is 10.1. The second-order valence-corrected chi connectivity index (χ2v) is 8.95. The van der Waals surface area contributed by atoms with Gasteiger partial charge in [0, 0.05) is 18.9 Å². The summed E-state index contributed by atoms with van der Waals surface area (Å²) in [6, 6.07) is 21.6. The van der Waals surface area contributed by atoms with E-state index < -0.39 is 0 Å². The van der Waals surface area contributed by atoms with Crippen molar-refractivity contribution < 1.29 is 4.79 Å². The van der Waals surface area contributed by atoms with Gasteiger partial charge in [-0.25, -0.2) is 0 Å². The zero-order valence-electron chi connectivity index (χ0n) is 18.6. The van der Waals surface area contributed by atoms with Crippen LogP contribution in [0.5, 0.6) is 0 Å². The number of aryl methyl sites for hydroxylation is 2. The molecule has 0 bridgehead atoms. The van der Waals surface area contributed by atoms with E-state index in [2.05, 4.69) is 47.2 Å². The van der Waals surface area contributed by atoms with Gasteiger partial charge in [-0.3, -0.25) is 14.3 Å². The molecule has 6 nitrogen and oxygen atoms in total. The molecule has 2 aromatic heterocycles. The van der Waals surface area contributed by atoms with Gasteiger partial charge in [0.05, 0.1) is 10.9 Å². The standard InChI is InChI=1S/C25H25N5OS/c1-17-13-14-22(18(2)16-17)30-23(21-12-8-9-15-26-21)27-28-25(30)32-19(3)24(31)29(4)20-10-6-5-7-11-20/h5-16,19H,1-4H3. The highest BCUT2D eigenvalue weighted by molar-refractivity contribution is 8.00. The van der Waals surface area contributed by atoms with Crippen molar-refractivity contribution >= 4 is 23.4 Å². The summed E-state index contributed by atoms with van der Waals surface area (Å²) in [6.07, 6.45) is 1.74. The van der Waals surface area contributed by atoms with E-state index in [-0.39, 0.29) is 11.2 Å². The molecule has 1 unspecified atom stereocenters. The molecule has 1 atom stereocenters. The van der Waals surface area contributed by atoms with E-state index in [0.29, 0.717) is 11.0 Å². The summed E-state index contributed by atoms with van der Waals surface area (Å²) in [5.41, 5.74) is 4.84. The number of hydrogen-bond acceptors (Lipinski definition) is 5. The highest BCUT2D eigenvalue weighted by atomic mass is 32.2. The van der Waals surface area contributed by atoms with Crippen molar-refractivity contribution in [2.75, 3.05) is 11.9 Å². The Hall–Kier alpha value is -3.45. The van der Waals surface area contributed by atoms with Crippen molar-refractivity contribution in [1.82, 2.24) is 19.7 Å². The van der Waals surface area contributed by atoms with Crippen molar-refractivity contribution in [2.45, 2.75) is 31.2 Å². The fourth-order valence-electron chi connectivity index (χ4n) is 3.54. The van der Waals surface area contributed by atoms with Crippen molar-refractivity contribution in [3.05, 3.63) is 84.1 Å². The van der Waals surface area contributed by atoms with Gasteiger partial charge in [-0.1, -0.05) is 53.7 Å². The van der Waals surface area contributed by atoms with Crippen LogP contribution < -0.4 is 4.90 Å². The Morgan fingerprint density at radius 3 is 2.44 bits per heavy atom. The third-order valence-electron chi connectivity index (χ3n) is 5.22. The van der Waals surface area contributed by atoms with Crippen LogP contribution in [0.25, 0.3) is 17.2 Å². The van der Waals surface area contributed by atoms with Crippen molar-refractivity contribution in [2.24, 2.45) is 0 Å². The van der Waals surface area contributed by atoms with Crippen LogP contribution in [-0.2, 0) is 4.79 Å². The first-order chi connectivity index (χ1) is 15.5. The summed E-state index contributed by atoms with van der Waals surface area (Å²) < 4.78 is 1.99. The van der Waals surface area contributed by atoms with Crippen LogP contribution >= 0.6 is 11.8 Å². The summed E-state index contributed by atoms with van der Waals surface area (Å²) in [7, 11) is 1.79. The van der Waals surface area contributed by atoms with E-state index in [1.165, 1.54) is 17.3 Å². The summed E-state index contributed by atoms with van der Waals surface area (Å²) in [4.78, 5) is 19.3. The molecule has 0 saturated heterocycles. The smallest absolute Gasteiger partial charge is 0.240 e. The molecular weight excluding hydrogens is 418 g/mol. The van der Waals surface area contributed by atoms with E-state index >= 15 is 0 Å². The Labute approximate surface area is 192 Å². The average molecular weight is 444 g/mol. The number of amides is 1. The van der Waals surface area contributed by atoms with Crippen molar-refractivity contribution in [3.8, 4) is 17.2 Å². The molecular formula is C25H25N5OS. The van der Waals surface area contributed by atoms with Crippen LogP contribution in [0, 0.1) is 13.8 Å². The van der Waals surface area contributed by atoms with Gasteiger partial charge in [0.1, 0.15) is 5.69 Å². The first kappa shape index (κ1) is 21.8. The summed E-state index contributed by atoms with van der Waals surface area (Å²) >= 11 is 1.39. The quantitative estimate of drug-likeness (QED) is 0.389. The Morgan fingerprint density at radius 1 is 1.00 bits per heavy atom. The minimum atomic E-state index is -0.356. The number of carbonyl (C=O) groups is 1. The van der Waals surface area contributed by atoms with Crippen LogP contribution in [0.2, 0.25) is 0 Å². The van der Waals surface area contributed by atoms with E-state index in [0.717, 1.165) is 22.6 Å². The lowest BCUT2D eigenvalue weighted by molar-refractivity contribution is -0.117. The molecule has 0 aliphatic carbocycles. The number of rotatable bonds is 6. The fourth-order valence-corrected chi connectivity index (χ4v) is 4.49. The second kappa shape index (κ2) is 9.36. The number of nitrogens with zero attached hydrogens (tertiary/aromatic N) is 5. The van der Waals surface area contributed by atoms with E-state index in [1.807, 2.05) is 60.0 Å². The van der Waals surface area contributed by atoms with E-state index in [1.54, 1.807) is 18.1 Å². The lowest BCUT2D eigenvalue weighted by Gasteiger charge is -2.21. The van der Waals surface area contributed by atoms with Crippen LogP contribution in [0.3, 0.4) is 0 Å². The average Bonchev–Trinajstić information content (AvgIpc) is 3.22. The molecule has 7 heteroatoms. The SMILES string of the molecule is Cc1ccc(-n2c(SC(C)C(=O)N(C)c3ccccc3)nnc2-c2ccccn2)c(C)c1. The zero-order chi connectivity index (χ0) is 22.7. The fraction of sp³-hybridized carbons (Fsp3) is 0.200. The maximum atomic E-state index is 13.1. The van der Waals surface area contributed by atoms with Gasteiger partial charge in [0.25, 0.3) is 0 Å². The van der Waals surface area contributed by atoms with Crippen LogP contribution in [-0.4, -0.2) is 38.0 Å². The zero-order valence-corrected chi connectivity index (χ0v) is 19.4. The molecule has 0 fully saturated rings. The highest BCUT2D eigenvalue weighted by Crippen LogP contribution is 2.32. The van der Waals surface area contributed by atoms with Crippen LogP contribution in [0.4, 0.5) is 5.69 Å². The van der Waals surface area contributed by atoms with Gasteiger partial charge < -0.3 is 4.90 Å². The molecule has 32 heavy (non-hydrogen) atoms. The largest absolute Gasteiger partial charge is 0.315 e. The van der Waals surface area contributed by atoms with Gasteiger partial charge in [-0.05, 0) is 56.7 Å². The van der Waals surface area contributed by atoms with E-state index in [4.69, 9.17) is 0 Å². The molecule has 4 aromatic rings. The minimum Gasteiger partial charge on any atom is -0.315 e. The highest BCUT2D eigenvalue weighted by Gasteiger charge is 2.25. The van der Waals surface area contributed by atoms with Gasteiger partial charge >= 0.3 is 0 Å². The Kier molecular flexibility index (Phi) is 6.37. The summed E-state index contributed by atoms with van der Waals surface area (Å²) in [6.45, 7) is 6.03. The molecule has 0 saturated carbocycles. The number of thioether (sulfide) groups is 1. The molecule has 2 heterocycles. The maximum absolute atomic E-state index is 13.1. The third kappa shape index (κ3) is 4.43. The Morgan fingerprint density at radius 2 is 1.75 bits per heavy atom. The second-order valence-electron chi connectivity index (χ2n) is 7.64. The van der Waals surface area contributed by atoms with Crippen molar-refractivity contribution in [3.63, 3.8) is 0 Å². The van der Waals surface area contributed by atoms with Gasteiger partial charge in [0.2, 0.25) is 5.91 Å². The Balaban J connectivity index is 1.71. The van der Waals surface area contributed by atoms with Crippen molar-refractivity contribution in [1.29, 1.82) is 0 Å². The number of carbonyl (C=O) groups excluding carboxylic acids is 1. The lowest BCUT2D eigenvalue weighted by Crippen LogP contribution is -2.33. The number of aromatic nitrogens is 4. The molecule has 4 rings (SSSR count). The number of anilines is 1. The number of pyridine rings is 1. The normalized spacial score (nSPS) is 11.9. The topological polar surface area (TPSA) is 63.9 Å². The molecule has 0 aliphatic rings. The molecule has 162 valence electrons. The molecule has 0 aliphatic heterocycles. The van der Waals surface area contributed by atoms with Gasteiger partial charge in [0.15, 0.2) is 11.0 Å². The molecule has 1 amide bonds. The Bertz CT molecular complexity index is 1220. The third-order valence-corrected chi connectivity index (χ3v) is 6.25. The van der Waals surface area contributed by atoms with Crippen LogP contribution in [0.1, 0.15) is 18.1 Å². The molecule has 0 radical (unpaired) electrons. The van der Waals surface area contributed by atoms with E-state index in [9.17, 15) is 4.79 Å². The summed E-state index contributed by atoms with van der Waals surface area (Å²) in [5.74, 6) is 0.645. The predicted octanol–water partition coefficient (Wildman–Crippen LogP) is 5.09. The molecule has 2 aromatic carbocycles. The first-order valence-corrected chi connectivity index (χ1v) is 11.3. The van der Waals surface area contributed by atoms with Gasteiger partial charge in [-0.15, -0.1) is 10.2 Å². The number of hydrogen-bond donors (Lipinski definition) is 0. The first-order valence-electron chi connectivity index (χ1n) is 10.4. The maximum Gasteiger partial charge on any atom is 0.240 e. The minimum absolute atomic E-state index is 0.00392. The molecule has 0 N–H and O–H groups in total. The number of benzene rings is 2. The molecule has 0 spiro atoms. The monoisotopic (exact) mass is 443 g/mol. The van der Waals surface area contributed by atoms with Gasteiger partial charge in [-0.2, -0.15) is 0 Å². The number of para-hydroxylation sites is 1. The predicted molar refractivity (Wildman–Crippen MR) is 129 cm³/mol.